The Balaban J connectivity index is 2.09. The molecule has 2 heterocycles. The summed E-state index contributed by atoms with van der Waals surface area (Å²) in [6.07, 6.45) is 1.61. The zero-order valence-corrected chi connectivity index (χ0v) is 10.0. The molecule has 0 bridgehead atoms. The van der Waals surface area contributed by atoms with Crippen LogP contribution in [0.3, 0.4) is 0 Å². The highest BCUT2D eigenvalue weighted by atomic mass is 16.5. The van der Waals surface area contributed by atoms with E-state index in [1.54, 1.807) is 13.4 Å². The van der Waals surface area contributed by atoms with Gasteiger partial charge in [-0.05, 0) is 13.8 Å². The molecule has 0 atom stereocenters. The summed E-state index contributed by atoms with van der Waals surface area (Å²) >= 11 is 0. The van der Waals surface area contributed by atoms with Gasteiger partial charge in [0.2, 0.25) is 0 Å². The van der Waals surface area contributed by atoms with Crippen LogP contribution in [0.25, 0.3) is 0 Å². The zero-order valence-electron chi connectivity index (χ0n) is 10.0. The van der Waals surface area contributed by atoms with E-state index in [0.29, 0.717) is 18.4 Å². The van der Waals surface area contributed by atoms with E-state index in [-0.39, 0.29) is 0 Å². The number of rotatable bonds is 4. The van der Waals surface area contributed by atoms with Gasteiger partial charge in [0.15, 0.2) is 0 Å². The Morgan fingerprint density at radius 3 is 2.82 bits per heavy atom. The summed E-state index contributed by atoms with van der Waals surface area (Å²) in [5.41, 5.74) is 2.71. The lowest BCUT2D eigenvalue weighted by Crippen LogP contribution is -2.05. The molecular formula is C11H14N4O2. The van der Waals surface area contributed by atoms with Gasteiger partial charge in [0, 0.05) is 17.3 Å². The summed E-state index contributed by atoms with van der Waals surface area (Å²) < 4.78 is 9.85. The third-order valence-corrected chi connectivity index (χ3v) is 2.30. The molecule has 2 aromatic rings. The van der Waals surface area contributed by atoms with Gasteiger partial charge in [-0.15, -0.1) is 0 Å². The van der Waals surface area contributed by atoms with E-state index in [2.05, 4.69) is 20.4 Å². The molecule has 0 aliphatic carbocycles. The molecule has 2 aromatic heterocycles. The number of hydrogen-bond acceptors (Lipinski definition) is 6. The standard InChI is InChI=1S/C11H14N4O2/c1-7-6-17-15-9(7)5-12-10-4-8(2)13-11(14-10)16-3/h4,6H,5H2,1-3H3,(H,12,13,14). The Bertz CT molecular complexity index is 510. The van der Waals surface area contributed by atoms with Crippen LogP contribution in [0, 0.1) is 13.8 Å². The van der Waals surface area contributed by atoms with Crippen molar-refractivity contribution in [3.63, 3.8) is 0 Å². The van der Waals surface area contributed by atoms with Crippen LogP contribution in [0.5, 0.6) is 6.01 Å². The second kappa shape index (κ2) is 4.82. The number of aromatic nitrogens is 3. The van der Waals surface area contributed by atoms with Crippen LogP contribution >= 0.6 is 0 Å². The summed E-state index contributed by atoms with van der Waals surface area (Å²) in [4.78, 5) is 8.29. The lowest BCUT2D eigenvalue weighted by Gasteiger charge is -2.06. The van der Waals surface area contributed by atoms with Crippen LogP contribution < -0.4 is 10.1 Å². The molecule has 0 aliphatic rings. The van der Waals surface area contributed by atoms with Crippen molar-refractivity contribution in [3.8, 4) is 6.01 Å². The molecule has 0 radical (unpaired) electrons. The summed E-state index contributed by atoms with van der Waals surface area (Å²) in [6, 6.07) is 2.20. The minimum Gasteiger partial charge on any atom is -0.467 e. The molecule has 2 rings (SSSR count). The van der Waals surface area contributed by atoms with Gasteiger partial charge in [-0.3, -0.25) is 0 Å². The first-order valence-electron chi connectivity index (χ1n) is 5.22. The molecular weight excluding hydrogens is 220 g/mol. The summed E-state index contributed by atoms with van der Waals surface area (Å²) in [5.74, 6) is 0.705. The lowest BCUT2D eigenvalue weighted by atomic mass is 10.3. The van der Waals surface area contributed by atoms with E-state index in [1.807, 2.05) is 19.9 Å². The molecule has 0 aromatic carbocycles. The Kier molecular flexibility index (Phi) is 3.22. The highest BCUT2D eigenvalue weighted by Gasteiger charge is 2.05. The summed E-state index contributed by atoms with van der Waals surface area (Å²) in [5, 5.41) is 7.03. The average molecular weight is 234 g/mol. The highest BCUT2D eigenvalue weighted by Crippen LogP contribution is 2.13. The minimum atomic E-state index is 0.351. The largest absolute Gasteiger partial charge is 0.467 e. The van der Waals surface area contributed by atoms with Crippen molar-refractivity contribution in [3.05, 3.63) is 29.3 Å². The quantitative estimate of drug-likeness (QED) is 0.868. The predicted octanol–water partition coefficient (Wildman–Crippen LogP) is 1.70. The first-order chi connectivity index (χ1) is 8.19. The van der Waals surface area contributed by atoms with Gasteiger partial charge in [0.25, 0.3) is 0 Å². The Morgan fingerprint density at radius 1 is 1.35 bits per heavy atom. The number of nitrogens with one attached hydrogen (secondary N) is 1. The normalized spacial score (nSPS) is 10.3. The maximum atomic E-state index is 5.00. The smallest absolute Gasteiger partial charge is 0.318 e. The Labute approximate surface area is 99.0 Å². The number of hydrogen-bond donors (Lipinski definition) is 1. The molecule has 6 nitrogen and oxygen atoms in total. The van der Waals surface area contributed by atoms with Gasteiger partial charge in [0.1, 0.15) is 17.8 Å². The van der Waals surface area contributed by atoms with Crippen LogP contribution in [0.4, 0.5) is 5.82 Å². The molecule has 0 aliphatic heterocycles. The number of methoxy groups -OCH3 is 1. The molecule has 0 spiro atoms. The molecule has 0 saturated heterocycles. The first kappa shape index (κ1) is 11.4. The molecule has 0 amide bonds. The van der Waals surface area contributed by atoms with E-state index in [0.717, 1.165) is 17.0 Å². The molecule has 0 fully saturated rings. The zero-order chi connectivity index (χ0) is 12.3. The Hall–Kier alpha value is -2.11. The van der Waals surface area contributed by atoms with Gasteiger partial charge in [-0.2, -0.15) is 4.98 Å². The van der Waals surface area contributed by atoms with Crippen molar-refractivity contribution in [2.75, 3.05) is 12.4 Å². The van der Waals surface area contributed by atoms with Crippen LogP contribution in [-0.4, -0.2) is 22.2 Å². The van der Waals surface area contributed by atoms with Crippen molar-refractivity contribution in [1.29, 1.82) is 0 Å². The molecule has 90 valence electrons. The van der Waals surface area contributed by atoms with E-state index < -0.39 is 0 Å². The topological polar surface area (TPSA) is 73.1 Å². The van der Waals surface area contributed by atoms with Gasteiger partial charge in [-0.25, -0.2) is 4.98 Å². The van der Waals surface area contributed by atoms with Gasteiger partial charge >= 0.3 is 6.01 Å². The van der Waals surface area contributed by atoms with Crippen molar-refractivity contribution < 1.29 is 9.26 Å². The van der Waals surface area contributed by atoms with Gasteiger partial charge < -0.3 is 14.6 Å². The third kappa shape index (κ3) is 2.72. The van der Waals surface area contributed by atoms with E-state index >= 15 is 0 Å². The number of anilines is 1. The second-order valence-electron chi connectivity index (χ2n) is 3.68. The molecule has 17 heavy (non-hydrogen) atoms. The maximum absolute atomic E-state index is 5.00. The number of ether oxygens (including phenoxy) is 1. The second-order valence-corrected chi connectivity index (χ2v) is 3.68. The highest BCUT2D eigenvalue weighted by molar-refractivity contribution is 5.37. The lowest BCUT2D eigenvalue weighted by molar-refractivity contribution is 0.379. The van der Waals surface area contributed by atoms with E-state index in [9.17, 15) is 0 Å². The molecule has 1 N–H and O–H groups in total. The van der Waals surface area contributed by atoms with Crippen LogP contribution in [0.2, 0.25) is 0 Å². The SMILES string of the molecule is COc1nc(C)cc(NCc2nocc2C)n1. The van der Waals surface area contributed by atoms with E-state index in [1.165, 1.54) is 0 Å². The maximum Gasteiger partial charge on any atom is 0.318 e. The molecule has 6 heteroatoms. The van der Waals surface area contributed by atoms with Gasteiger partial charge in [0.05, 0.1) is 13.7 Å². The molecule has 0 saturated carbocycles. The summed E-state index contributed by atoms with van der Waals surface area (Å²) in [6.45, 7) is 4.39. The third-order valence-electron chi connectivity index (χ3n) is 2.30. The van der Waals surface area contributed by atoms with Crippen LogP contribution in [-0.2, 0) is 6.54 Å². The fraction of sp³-hybridized carbons (Fsp3) is 0.364. The number of nitrogens with zero attached hydrogens (tertiary/aromatic N) is 3. The Morgan fingerprint density at radius 2 is 2.18 bits per heavy atom. The van der Waals surface area contributed by atoms with Crippen LogP contribution in [0.1, 0.15) is 17.0 Å². The predicted molar refractivity (Wildman–Crippen MR) is 61.9 cm³/mol. The van der Waals surface area contributed by atoms with Crippen molar-refractivity contribution in [2.24, 2.45) is 0 Å². The number of aryl methyl sites for hydroxylation is 2. The fourth-order valence-corrected chi connectivity index (χ4v) is 1.38. The van der Waals surface area contributed by atoms with Crippen LogP contribution in [0.15, 0.2) is 16.9 Å². The van der Waals surface area contributed by atoms with Gasteiger partial charge in [-0.1, -0.05) is 5.16 Å². The van der Waals surface area contributed by atoms with Crippen molar-refractivity contribution in [1.82, 2.24) is 15.1 Å². The van der Waals surface area contributed by atoms with E-state index in [4.69, 9.17) is 9.26 Å². The first-order valence-corrected chi connectivity index (χ1v) is 5.22. The minimum absolute atomic E-state index is 0.351. The molecule has 0 unspecified atom stereocenters. The van der Waals surface area contributed by atoms with Crippen molar-refractivity contribution >= 4 is 5.82 Å². The van der Waals surface area contributed by atoms with Crippen molar-refractivity contribution in [2.45, 2.75) is 20.4 Å². The summed E-state index contributed by atoms with van der Waals surface area (Å²) in [7, 11) is 1.54. The average Bonchev–Trinajstić information content (AvgIpc) is 2.71. The fourth-order valence-electron chi connectivity index (χ4n) is 1.38. The monoisotopic (exact) mass is 234 g/mol.